The monoisotopic (exact) mass is 627 g/mol. The normalized spacial score (nSPS) is 14.7. The fourth-order valence-corrected chi connectivity index (χ4v) is 6.97. The molecule has 0 spiro atoms. The van der Waals surface area contributed by atoms with Crippen LogP contribution < -0.4 is 29.7 Å². The van der Waals surface area contributed by atoms with Crippen LogP contribution in [0.25, 0.3) is 6.08 Å². The average molecular weight is 628 g/mol. The first kappa shape index (κ1) is 28.7. The standard InChI is InChI=1S/C33H26ClN3O4S2/c1-20-29(31(38)36-24-9-4-3-5-10-24)30(27-12-7-15-42-27)37-32(39)28(43-33(37)35-20)17-21-13-14-26(40-2)22(16-21)19-41-25-11-6-8-23(34)18-25/h3-18,30H,19H2,1-2H3,(H,36,38)/b28-17+. The van der Waals surface area contributed by atoms with Gasteiger partial charge < -0.3 is 14.8 Å². The van der Waals surface area contributed by atoms with E-state index in [2.05, 4.69) is 5.32 Å². The first-order valence-corrected chi connectivity index (χ1v) is 15.5. The van der Waals surface area contributed by atoms with E-state index in [1.165, 1.54) is 22.7 Å². The second kappa shape index (κ2) is 12.4. The molecule has 1 unspecified atom stereocenters. The second-order valence-corrected chi connectivity index (χ2v) is 12.2. The molecule has 1 aliphatic heterocycles. The van der Waals surface area contributed by atoms with Crippen molar-refractivity contribution in [1.29, 1.82) is 0 Å². The number of aromatic nitrogens is 1. The third-order valence-corrected chi connectivity index (χ3v) is 9.05. The van der Waals surface area contributed by atoms with Crippen molar-refractivity contribution in [2.24, 2.45) is 4.99 Å². The number of ether oxygens (including phenoxy) is 2. The van der Waals surface area contributed by atoms with Crippen LogP contribution in [0.3, 0.4) is 0 Å². The lowest BCUT2D eigenvalue weighted by Crippen LogP contribution is -2.40. The number of para-hydroxylation sites is 1. The van der Waals surface area contributed by atoms with Crippen LogP contribution >= 0.6 is 34.3 Å². The fraction of sp³-hybridized carbons (Fsp3) is 0.121. The number of methoxy groups -OCH3 is 1. The van der Waals surface area contributed by atoms with Crippen molar-refractivity contribution in [2.75, 3.05) is 12.4 Å². The van der Waals surface area contributed by atoms with Crippen molar-refractivity contribution in [1.82, 2.24) is 4.57 Å². The second-order valence-electron chi connectivity index (χ2n) is 9.73. The van der Waals surface area contributed by atoms with E-state index < -0.39 is 6.04 Å². The number of hydrogen-bond acceptors (Lipinski definition) is 7. The van der Waals surface area contributed by atoms with Gasteiger partial charge in [0.1, 0.15) is 24.1 Å². The van der Waals surface area contributed by atoms with Crippen molar-refractivity contribution in [3.63, 3.8) is 0 Å². The highest BCUT2D eigenvalue weighted by atomic mass is 35.5. The Bertz CT molecular complexity index is 2020. The molecule has 216 valence electrons. The van der Waals surface area contributed by atoms with Crippen molar-refractivity contribution in [3.05, 3.63) is 142 Å². The maximum atomic E-state index is 14.0. The highest BCUT2D eigenvalue weighted by Crippen LogP contribution is 2.33. The van der Waals surface area contributed by atoms with Crippen molar-refractivity contribution in [2.45, 2.75) is 19.6 Å². The Kier molecular flexibility index (Phi) is 8.29. The Morgan fingerprint density at radius 3 is 2.65 bits per heavy atom. The zero-order chi connectivity index (χ0) is 29.9. The van der Waals surface area contributed by atoms with E-state index in [9.17, 15) is 9.59 Å². The molecule has 5 aromatic rings. The number of nitrogens with one attached hydrogen (secondary N) is 1. The Labute approximate surface area is 260 Å². The molecular weight excluding hydrogens is 602 g/mol. The van der Waals surface area contributed by atoms with E-state index in [4.69, 9.17) is 26.1 Å². The van der Waals surface area contributed by atoms with Gasteiger partial charge >= 0.3 is 0 Å². The summed E-state index contributed by atoms with van der Waals surface area (Å²) in [6.07, 6.45) is 1.83. The van der Waals surface area contributed by atoms with Crippen molar-refractivity contribution in [3.8, 4) is 11.5 Å². The fourth-order valence-electron chi connectivity index (χ4n) is 4.92. The minimum Gasteiger partial charge on any atom is -0.496 e. The quantitative estimate of drug-likeness (QED) is 0.223. The third-order valence-electron chi connectivity index (χ3n) is 6.90. The van der Waals surface area contributed by atoms with Gasteiger partial charge in [-0.3, -0.25) is 14.2 Å². The zero-order valence-corrected chi connectivity index (χ0v) is 25.6. The largest absolute Gasteiger partial charge is 0.496 e. The van der Waals surface area contributed by atoms with Crippen LogP contribution in [0.15, 0.2) is 111 Å². The number of nitrogens with zero attached hydrogens (tertiary/aromatic N) is 2. The molecular formula is C33H26ClN3O4S2. The van der Waals surface area contributed by atoms with Crippen molar-refractivity contribution >= 4 is 51.9 Å². The van der Waals surface area contributed by atoms with Gasteiger partial charge in [-0.2, -0.15) is 0 Å². The molecule has 0 aliphatic carbocycles. The summed E-state index contributed by atoms with van der Waals surface area (Å²) >= 11 is 8.90. The minimum atomic E-state index is -0.598. The van der Waals surface area contributed by atoms with Crippen LogP contribution in [0.2, 0.25) is 5.02 Å². The van der Waals surface area contributed by atoms with Gasteiger partial charge in [0.2, 0.25) is 0 Å². The molecule has 1 atom stereocenters. The predicted octanol–water partition coefficient (Wildman–Crippen LogP) is 6.18. The molecule has 1 aliphatic rings. The molecule has 3 heterocycles. The molecule has 1 amide bonds. The summed E-state index contributed by atoms with van der Waals surface area (Å²) in [5.74, 6) is 1.02. The van der Waals surface area contributed by atoms with Crippen LogP contribution in [-0.4, -0.2) is 17.6 Å². The number of benzene rings is 3. The average Bonchev–Trinajstić information content (AvgIpc) is 3.64. The van der Waals surface area contributed by atoms with Gasteiger partial charge in [0, 0.05) is 21.2 Å². The Hall–Kier alpha value is -4.44. The van der Waals surface area contributed by atoms with Gasteiger partial charge in [0.05, 0.1) is 22.9 Å². The molecule has 3 aromatic carbocycles. The number of hydrogen-bond donors (Lipinski definition) is 1. The Morgan fingerprint density at radius 2 is 1.91 bits per heavy atom. The summed E-state index contributed by atoms with van der Waals surface area (Å²) in [6.45, 7) is 2.07. The van der Waals surface area contributed by atoms with Gasteiger partial charge in [-0.05, 0) is 72.5 Å². The molecule has 0 fully saturated rings. The van der Waals surface area contributed by atoms with Crippen LogP contribution in [0.1, 0.15) is 29.0 Å². The Balaban J connectivity index is 1.38. The zero-order valence-electron chi connectivity index (χ0n) is 23.2. The number of carbonyl (C=O) groups excluding carboxylic acids is 1. The van der Waals surface area contributed by atoms with E-state index >= 15 is 0 Å². The summed E-state index contributed by atoms with van der Waals surface area (Å²) < 4.78 is 13.6. The number of fused-ring (bicyclic) bond motifs is 1. The highest BCUT2D eigenvalue weighted by molar-refractivity contribution is 7.10. The summed E-state index contributed by atoms with van der Waals surface area (Å²) in [4.78, 5) is 33.7. The van der Waals surface area contributed by atoms with E-state index in [0.29, 0.717) is 42.8 Å². The molecule has 43 heavy (non-hydrogen) atoms. The van der Waals surface area contributed by atoms with E-state index in [0.717, 1.165) is 16.0 Å². The minimum absolute atomic E-state index is 0.216. The predicted molar refractivity (Wildman–Crippen MR) is 172 cm³/mol. The molecule has 0 bridgehead atoms. The summed E-state index contributed by atoms with van der Waals surface area (Å²) in [7, 11) is 1.61. The summed E-state index contributed by atoms with van der Waals surface area (Å²) in [5, 5.41) is 5.50. The van der Waals surface area contributed by atoms with E-state index in [1.54, 1.807) is 23.8 Å². The van der Waals surface area contributed by atoms with Gasteiger partial charge in [-0.25, -0.2) is 4.99 Å². The summed E-state index contributed by atoms with van der Waals surface area (Å²) in [6, 6.07) is 25.4. The number of carbonyl (C=O) groups is 1. The molecule has 10 heteroatoms. The topological polar surface area (TPSA) is 81.9 Å². The van der Waals surface area contributed by atoms with Crippen LogP contribution in [-0.2, 0) is 11.4 Å². The molecule has 1 N–H and O–H groups in total. The maximum absolute atomic E-state index is 14.0. The number of amides is 1. The SMILES string of the molecule is COc1ccc(/C=c2/sc3n(c2=O)C(c2cccs2)C(C(=O)Nc2ccccc2)=C(C)N=3)cc1COc1cccc(Cl)c1. The highest BCUT2D eigenvalue weighted by Gasteiger charge is 2.33. The van der Waals surface area contributed by atoms with Crippen molar-refractivity contribution < 1.29 is 14.3 Å². The maximum Gasteiger partial charge on any atom is 0.271 e. The molecule has 2 aromatic heterocycles. The number of rotatable bonds is 8. The number of thiophene rings is 1. The van der Waals surface area contributed by atoms with Gasteiger partial charge in [-0.15, -0.1) is 11.3 Å². The number of anilines is 1. The van der Waals surface area contributed by atoms with E-state index in [1.807, 2.05) is 91.2 Å². The smallest absolute Gasteiger partial charge is 0.271 e. The molecule has 0 radical (unpaired) electrons. The van der Waals surface area contributed by atoms with E-state index in [-0.39, 0.29) is 18.1 Å². The molecule has 0 saturated heterocycles. The van der Waals surface area contributed by atoms with Gasteiger partial charge in [-0.1, -0.05) is 59.3 Å². The van der Waals surface area contributed by atoms with Gasteiger partial charge in [0.25, 0.3) is 11.5 Å². The van der Waals surface area contributed by atoms with Gasteiger partial charge in [0.15, 0.2) is 4.80 Å². The molecule has 0 saturated carbocycles. The number of halogens is 1. The lowest BCUT2D eigenvalue weighted by atomic mass is 10.0. The lowest BCUT2D eigenvalue weighted by Gasteiger charge is -2.24. The molecule has 7 nitrogen and oxygen atoms in total. The molecule has 6 rings (SSSR count). The Morgan fingerprint density at radius 1 is 1.07 bits per heavy atom. The lowest BCUT2D eigenvalue weighted by molar-refractivity contribution is -0.113. The van der Waals surface area contributed by atoms with Crippen LogP contribution in [0.4, 0.5) is 5.69 Å². The number of allylic oxidation sites excluding steroid dienone is 1. The van der Waals surface area contributed by atoms with Crippen LogP contribution in [0.5, 0.6) is 11.5 Å². The number of thiazole rings is 1. The summed E-state index contributed by atoms with van der Waals surface area (Å²) in [5.41, 5.74) is 3.09. The first-order chi connectivity index (χ1) is 20.9. The first-order valence-electron chi connectivity index (χ1n) is 13.4. The van der Waals surface area contributed by atoms with Crippen LogP contribution in [0, 0.1) is 0 Å². The third kappa shape index (κ3) is 6.06.